The summed E-state index contributed by atoms with van der Waals surface area (Å²) in [5.74, 6) is -2.95. The van der Waals surface area contributed by atoms with Gasteiger partial charge in [-0.2, -0.15) is 0 Å². The van der Waals surface area contributed by atoms with E-state index < -0.39 is 35.4 Å². The Morgan fingerprint density at radius 1 is 1.15 bits per heavy atom. The van der Waals surface area contributed by atoms with Crippen LogP contribution in [0.2, 0.25) is 0 Å². The molecule has 0 amide bonds. The van der Waals surface area contributed by atoms with Crippen molar-refractivity contribution >= 4 is 23.2 Å². The number of hydrogen-bond acceptors (Lipinski definition) is 5. The van der Waals surface area contributed by atoms with Crippen LogP contribution < -0.4 is 11.1 Å². The van der Waals surface area contributed by atoms with Gasteiger partial charge in [0, 0.05) is 30.0 Å². The zero-order valence-electron chi connectivity index (χ0n) is 14.6. The van der Waals surface area contributed by atoms with Crippen molar-refractivity contribution in [1.29, 1.82) is 0 Å². The second-order valence-corrected chi connectivity index (χ2v) is 7.99. The molecular formula is C20H24N2O4. The van der Waals surface area contributed by atoms with Crippen LogP contribution in [0.3, 0.4) is 0 Å². The molecule has 1 heterocycles. The minimum atomic E-state index is -1.77. The lowest BCUT2D eigenvalue weighted by Crippen LogP contribution is -2.59. The lowest BCUT2D eigenvalue weighted by atomic mass is 9.66. The van der Waals surface area contributed by atoms with Gasteiger partial charge in [0.25, 0.3) is 0 Å². The molecule has 4 rings (SSSR count). The van der Waals surface area contributed by atoms with E-state index in [1.54, 1.807) is 0 Å². The molecule has 0 aromatic heterocycles. The number of carboxylic acids is 1. The summed E-state index contributed by atoms with van der Waals surface area (Å²) in [5, 5.41) is 13.5. The SMILES string of the molecule is NC(CC(=O)C(=O)C1CC1)(C(=O)O)C1c2ccccc2NC2CCCC21. The number of Topliss-reactive ketones (excluding diaryl/α,β-unsaturated/α-hetero) is 2. The fraction of sp³-hybridized carbons (Fsp3) is 0.550. The van der Waals surface area contributed by atoms with Gasteiger partial charge in [0.15, 0.2) is 0 Å². The van der Waals surface area contributed by atoms with Crippen LogP contribution >= 0.6 is 0 Å². The van der Waals surface area contributed by atoms with E-state index in [0.29, 0.717) is 0 Å². The summed E-state index contributed by atoms with van der Waals surface area (Å²) in [5.41, 5.74) is 6.40. The van der Waals surface area contributed by atoms with Gasteiger partial charge in [0.05, 0.1) is 0 Å². The van der Waals surface area contributed by atoms with Crippen LogP contribution in [0.1, 0.15) is 50.0 Å². The number of ketones is 2. The first kappa shape index (κ1) is 17.2. The largest absolute Gasteiger partial charge is 0.480 e. The van der Waals surface area contributed by atoms with E-state index in [4.69, 9.17) is 5.73 Å². The molecule has 1 aromatic carbocycles. The first-order chi connectivity index (χ1) is 12.4. The average Bonchev–Trinajstić information content (AvgIpc) is 3.36. The van der Waals surface area contributed by atoms with E-state index in [0.717, 1.165) is 43.4 Å². The van der Waals surface area contributed by atoms with Crippen molar-refractivity contribution in [2.45, 2.75) is 56.0 Å². The van der Waals surface area contributed by atoms with Gasteiger partial charge in [-0.15, -0.1) is 0 Å². The third-order valence-corrected chi connectivity index (χ3v) is 6.26. The topological polar surface area (TPSA) is 109 Å². The van der Waals surface area contributed by atoms with Gasteiger partial charge < -0.3 is 16.2 Å². The van der Waals surface area contributed by atoms with E-state index in [-0.39, 0.29) is 17.9 Å². The van der Waals surface area contributed by atoms with Crippen molar-refractivity contribution in [3.05, 3.63) is 29.8 Å². The summed E-state index contributed by atoms with van der Waals surface area (Å²) in [6.45, 7) is 0. The van der Waals surface area contributed by atoms with Crippen LogP contribution in [0.25, 0.3) is 0 Å². The molecule has 2 fully saturated rings. The third-order valence-electron chi connectivity index (χ3n) is 6.26. The summed E-state index contributed by atoms with van der Waals surface area (Å²) in [4.78, 5) is 36.9. The standard InChI is InChI=1S/C20H24N2O4/c21-20(19(25)26,10-16(23)18(24)11-8-9-11)17-12-4-1-2-6-14(12)22-15-7-3-5-13(15)17/h1-2,4,6,11,13,15,17,22H,3,5,7-10,21H2,(H,25,26). The Balaban J connectivity index is 1.73. The van der Waals surface area contributed by atoms with Crippen molar-refractivity contribution in [3.63, 3.8) is 0 Å². The predicted octanol–water partition coefficient (Wildman–Crippen LogP) is 2.08. The Bertz CT molecular complexity index is 773. The van der Waals surface area contributed by atoms with Gasteiger partial charge in [0.2, 0.25) is 11.6 Å². The van der Waals surface area contributed by atoms with Crippen molar-refractivity contribution < 1.29 is 19.5 Å². The maximum Gasteiger partial charge on any atom is 0.324 e. The zero-order chi connectivity index (χ0) is 18.5. The van der Waals surface area contributed by atoms with Crippen LogP contribution in [-0.2, 0) is 14.4 Å². The summed E-state index contributed by atoms with van der Waals surface area (Å²) in [6, 6.07) is 7.74. The number of carboxylic acid groups (broad SMARTS) is 1. The highest BCUT2D eigenvalue weighted by molar-refractivity contribution is 6.39. The molecule has 2 aliphatic carbocycles. The number of rotatable bonds is 6. The zero-order valence-corrected chi connectivity index (χ0v) is 14.6. The molecule has 0 saturated heterocycles. The molecule has 4 unspecified atom stereocenters. The molecular weight excluding hydrogens is 332 g/mol. The van der Waals surface area contributed by atoms with Gasteiger partial charge in [-0.1, -0.05) is 24.6 Å². The highest BCUT2D eigenvalue weighted by Crippen LogP contribution is 2.50. The normalized spacial score (nSPS) is 29.0. The summed E-state index contributed by atoms with van der Waals surface area (Å²) in [6.07, 6.45) is 3.83. The first-order valence-electron chi connectivity index (χ1n) is 9.36. The van der Waals surface area contributed by atoms with E-state index in [9.17, 15) is 19.5 Å². The fourth-order valence-corrected chi connectivity index (χ4v) is 4.80. The van der Waals surface area contributed by atoms with Crippen molar-refractivity contribution in [2.75, 3.05) is 5.32 Å². The Kier molecular flexibility index (Phi) is 4.10. The molecule has 26 heavy (non-hydrogen) atoms. The van der Waals surface area contributed by atoms with Crippen LogP contribution in [-0.4, -0.2) is 34.2 Å². The van der Waals surface area contributed by atoms with Gasteiger partial charge in [0.1, 0.15) is 5.54 Å². The second-order valence-electron chi connectivity index (χ2n) is 7.99. The molecule has 1 aromatic rings. The predicted molar refractivity (Wildman–Crippen MR) is 95.8 cm³/mol. The summed E-state index contributed by atoms with van der Waals surface area (Å²) < 4.78 is 0. The quantitative estimate of drug-likeness (QED) is 0.673. The number of para-hydroxylation sites is 1. The molecule has 4 atom stereocenters. The highest BCUT2D eigenvalue weighted by atomic mass is 16.4. The Labute approximate surface area is 152 Å². The second kappa shape index (κ2) is 6.20. The number of fused-ring (bicyclic) bond motifs is 2. The molecule has 138 valence electrons. The number of aliphatic carboxylic acids is 1. The molecule has 0 spiro atoms. The van der Waals surface area contributed by atoms with Crippen LogP contribution in [0.4, 0.5) is 5.69 Å². The van der Waals surface area contributed by atoms with E-state index in [2.05, 4.69) is 5.32 Å². The summed E-state index contributed by atoms with van der Waals surface area (Å²) >= 11 is 0. The Morgan fingerprint density at radius 2 is 1.88 bits per heavy atom. The minimum absolute atomic E-state index is 0.0508. The molecule has 1 aliphatic heterocycles. The van der Waals surface area contributed by atoms with Gasteiger partial charge in [-0.05, 0) is 43.2 Å². The van der Waals surface area contributed by atoms with E-state index >= 15 is 0 Å². The smallest absolute Gasteiger partial charge is 0.324 e. The number of benzene rings is 1. The van der Waals surface area contributed by atoms with Crippen molar-refractivity contribution in [3.8, 4) is 0 Å². The molecule has 2 saturated carbocycles. The number of nitrogens with one attached hydrogen (secondary N) is 1. The van der Waals surface area contributed by atoms with Gasteiger partial charge in [-0.3, -0.25) is 14.4 Å². The van der Waals surface area contributed by atoms with Crippen molar-refractivity contribution in [1.82, 2.24) is 0 Å². The van der Waals surface area contributed by atoms with E-state index in [1.165, 1.54) is 0 Å². The minimum Gasteiger partial charge on any atom is -0.480 e. The van der Waals surface area contributed by atoms with Crippen molar-refractivity contribution in [2.24, 2.45) is 17.6 Å². The van der Waals surface area contributed by atoms with Crippen LogP contribution in [0.5, 0.6) is 0 Å². The van der Waals surface area contributed by atoms with Gasteiger partial charge in [-0.25, -0.2) is 0 Å². The number of carbonyl (C=O) groups excluding carboxylic acids is 2. The Hall–Kier alpha value is -2.21. The Morgan fingerprint density at radius 3 is 2.58 bits per heavy atom. The van der Waals surface area contributed by atoms with E-state index in [1.807, 2.05) is 24.3 Å². The third kappa shape index (κ3) is 2.72. The molecule has 3 aliphatic rings. The summed E-state index contributed by atoms with van der Waals surface area (Å²) in [7, 11) is 0. The monoisotopic (exact) mass is 356 g/mol. The van der Waals surface area contributed by atoms with Crippen LogP contribution in [0.15, 0.2) is 24.3 Å². The lowest BCUT2D eigenvalue weighted by Gasteiger charge is -2.44. The molecule has 4 N–H and O–H groups in total. The molecule has 0 radical (unpaired) electrons. The fourth-order valence-electron chi connectivity index (χ4n) is 4.80. The molecule has 0 bridgehead atoms. The maximum absolute atomic E-state index is 12.5. The molecule has 6 heteroatoms. The number of carbonyl (C=O) groups is 3. The number of anilines is 1. The van der Waals surface area contributed by atoms with Crippen LogP contribution in [0, 0.1) is 11.8 Å². The average molecular weight is 356 g/mol. The highest BCUT2D eigenvalue weighted by Gasteiger charge is 2.54. The van der Waals surface area contributed by atoms with Gasteiger partial charge >= 0.3 is 5.97 Å². The molecule has 6 nitrogen and oxygen atoms in total. The number of nitrogens with two attached hydrogens (primary N) is 1. The number of hydrogen-bond donors (Lipinski definition) is 3. The maximum atomic E-state index is 12.5. The first-order valence-corrected chi connectivity index (χ1v) is 9.36. The lowest BCUT2D eigenvalue weighted by molar-refractivity contribution is -0.148.